The zero-order valence-electron chi connectivity index (χ0n) is 14.6. The fraction of sp³-hybridized carbons (Fsp3) is 0.316. The van der Waals surface area contributed by atoms with Crippen LogP contribution < -0.4 is 9.80 Å². The van der Waals surface area contributed by atoms with Gasteiger partial charge in [0.25, 0.3) is 0 Å². The van der Waals surface area contributed by atoms with Crippen molar-refractivity contribution >= 4 is 17.2 Å². The summed E-state index contributed by atoms with van der Waals surface area (Å²) in [6, 6.07) is 9.64. The number of carbonyl (C=O) groups excluding carboxylic acids is 1. The first-order valence-corrected chi connectivity index (χ1v) is 8.02. The first-order chi connectivity index (χ1) is 11.4. The first kappa shape index (κ1) is 17.7. The Morgan fingerprint density at radius 3 is 2.08 bits per heavy atom. The summed E-state index contributed by atoms with van der Waals surface area (Å²) in [4.78, 5) is 16.8. The maximum absolute atomic E-state index is 12.7. The van der Waals surface area contributed by atoms with Gasteiger partial charge in [0.1, 0.15) is 11.5 Å². The molecule has 0 fully saturated rings. The summed E-state index contributed by atoms with van der Waals surface area (Å²) in [7, 11) is 3.79. The molecule has 2 aromatic carbocycles. The molecule has 2 rings (SSSR count). The first-order valence-electron chi connectivity index (χ1n) is 8.02. The monoisotopic (exact) mass is 328 g/mol. The van der Waals surface area contributed by atoms with Crippen LogP contribution in [0, 0.1) is 0 Å². The summed E-state index contributed by atoms with van der Waals surface area (Å²) in [5, 5.41) is 20.3. The number of carbonyl (C=O) groups is 1. The SMILES string of the molecule is CCN(CC)c1cc(O)c(C(=O)c2ccccc2O)cc1N(C)C. The molecule has 0 saturated carbocycles. The molecular weight excluding hydrogens is 304 g/mol. The minimum absolute atomic E-state index is 0.0873. The third-order valence-electron chi connectivity index (χ3n) is 4.07. The number of aromatic hydroxyl groups is 2. The molecule has 0 heterocycles. The van der Waals surface area contributed by atoms with Crippen LogP contribution in [-0.2, 0) is 0 Å². The van der Waals surface area contributed by atoms with Gasteiger partial charge in [-0.15, -0.1) is 0 Å². The molecule has 128 valence electrons. The van der Waals surface area contributed by atoms with Gasteiger partial charge in [-0.1, -0.05) is 12.1 Å². The van der Waals surface area contributed by atoms with Gasteiger partial charge in [0.2, 0.25) is 5.78 Å². The Bertz CT molecular complexity index is 737. The van der Waals surface area contributed by atoms with E-state index in [2.05, 4.69) is 4.90 Å². The van der Waals surface area contributed by atoms with E-state index in [1.165, 1.54) is 6.07 Å². The Labute approximate surface area is 142 Å². The number of benzene rings is 2. The highest BCUT2D eigenvalue weighted by atomic mass is 16.3. The van der Waals surface area contributed by atoms with E-state index in [4.69, 9.17) is 0 Å². The van der Waals surface area contributed by atoms with Crippen LogP contribution in [0.25, 0.3) is 0 Å². The molecule has 0 spiro atoms. The molecule has 0 aliphatic carbocycles. The van der Waals surface area contributed by atoms with E-state index in [9.17, 15) is 15.0 Å². The van der Waals surface area contributed by atoms with Gasteiger partial charge in [-0.05, 0) is 32.0 Å². The third kappa shape index (κ3) is 3.30. The van der Waals surface area contributed by atoms with E-state index in [0.717, 1.165) is 24.5 Å². The molecule has 0 aromatic heterocycles. The minimum atomic E-state index is -0.403. The number of nitrogens with zero attached hydrogens (tertiary/aromatic N) is 2. The quantitative estimate of drug-likeness (QED) is 0.797. The number of ketones is 1. The molecule has 5 nitrogen and oxygen atoms in total. The molecule has 5 heteroatoms. The van der Waals surface area contributed by atoms with Crippen molar-refractivity contribution in [2.75, 3.05) is 37.0 Å². The summed E-state index contributed by atoms with van der Waals surface area (Å²) in [6.07, 6.45) is 0. The van der Waals surface area contributed by atoms with Crippen LogP contribution in [0.15, 0.2) is 36.4 Å². The standard InChI is InChI=1S/C19H24N2O3/c1-5-21(6-2)16-12-18(23)14(11-15(16)20(3)4)19(24)13-9-7-8-10-17(13)22/h7-12,22-23H,5-6H2,1-4H3. The number of hydrogen-bond acceptors (Lipinski definition) is 5. The lowest BCUT2D eigenvalue weighted by atomic mass is 9.99. The molecule has 0 radical (unpaired) electrons. The van der Waals surface area contributed by atoms with Gasteiger partial charge < -0.3 is 20.0 Å². The molecule has 2 aromatic rings. The van der Waals surface area contributed by atoms with E-state index < -0.39 is 5.78 Å². The van der Waals surface area contributed by atoms with Crippen molar-refractivity contribution in [2.45, 2.75) is 13.8 Å². The summed E-state index contributed by atoms with van der Waals surface area (Å²) < 4.78 is 0. The smallest absolute Gasteiger partial charge is 0.200 e. The number of hydrogen-bond donors (Lipinski definition) is 2. The van der Waals surface area contributed by atoms with Crippen LogP contribution in [0.2, 0.25) is 0 Å². The van der Waals surface area contributed by atoms with Gasteiger partial charge in [-0.25, -0.2) is 0 Å². The lowest BCUT2D eigenvalue weighted by Crippen LogP contribution is -2.25. The predicted molar refractivity (Wildman–Crippen MR) is 97.5 cm³/mol. The summed E-state index contributed by atoms with van der Waals surface area (Å²) in [6.45, 7) is 5.68. The maximum atomic E-state index is 12.7. The van der Waals surface area contributed by atoms with Crippen molar-refractivity contribution in [3.63, 3.8) is 0 Å². The lowest BCUT2D eigenvalue weighted by molar-refractivity contribution is 0.103. The van der Waals surface area contributed by atoms with Crippen molar-refractivity contribution in [1.82, 2.24) is 0 Å². The van der Waals surface area contributed by atoms with Crippen molar-refractivity contribution in [2.24, 2.45) is 0 Å². The van der Waals surface area contributed by atoms with Crippen LogP contribution in [-0.4, -0.2) is 43.2 Å². The summed E-state index contributed by atoms with van der Waals surface area (Å²) >= 11 is 0. The van der Waals surface area contributed by atoms with Gasteiger partial charge in [-0.2, -0.15) is 0 Å². The Morgan fingerprint density at radius 2 is 1.54 bits per heavy atom. The molecule has 0 aliphatic heterocycles. The highest BCUT2D eigenvalue weighted by molar-refractivity contribution is 6.13. The molecular formula is C19H24N2O3. The fourth-order valence-corrected chi connectivity index (χ4v) is 2.73. The Hall–Kier alpha value is -2.69. The third-order valence-corrected chi connectivity index (χ3v) is 4.07. The van der Waals surface area contributed by atoms with Gasteiger partial charge >= 0.3 is 0 Å². The van der Waals surface area contributed by atoms with Gasteiger partial charge in [0.05, 0.1) is 22.5 Å². The lowest BCUT2D eigenvalue weighted by Gasteiger charge is -2.28. The Morgan fingerprint density at radius 1 is 0.917 bits per heavy atom. The molecule has 0 unspecified atom stereocenters. The van der Waals surface area contributed by atoms with Gasteiger partial charge in [0, 0.05) is 33.3 Å². The van der Waals surface area contributed by atoms with E-state index in [1.54, 1.807) is 30.3 Å². The predicted octanol–water partition coefficient (Wildman–Crippen LogP) is 3.24. The second-order valence-electron chi connectivity index (χ2n) is 5.77. The molecule has 0 atom stereocenters. The molecule has 0 saturated heterocycles. The second kappa shape index (κ2) is 7.25. The highest BCUT2D eigenvalue weighted by Crippen LogP contribution is 2.36. The highest BCUT2D eigenvalue weighted by Gasteiger charge is 2.21. The van der Waals surface area contributed by atoms with Crippen molar-refractivity contribution in [3.05, 3.63) is 47.5 Å². The number of para-hydroxylation sites is 1. The number of rotatable bonds is 6. The number of anilines is 2. The molecule has 0 bridgehead atoms. The van der Waals surface area contributed by atoms with Crippen molar-refractivity contribution in [1.29, 1.82) is 0 Å². The van der Waals surface area contributed by atoms with Crippen LogP contribution in [0.4, 0.5) is 11.4 Å². The van der Waals surface area contributed by atoms with E-state index in [0.29, 0.717) is 0 Å². The number of phenolic OH excluding ortho intramolecular Hbond substituents is 2. The maximum Gasteiger partial charge on any atom is 0.200 e. The average Bonchev–Trinajstić information content (AvgIpc) is 2.55. The summed E-state index contributed by atoms with van der Waals surface area (Å²) in [5.74, 6) is -0.586. The zero-order chi connectivity index (χ0) is 17.9. The minimum Gasteiger partial charge on any atom is -0.507 e. The van der Waals surface area contributed by atoms with E-state index in [-0.39, 0.29) is 22.6 Å². The van der Waals surface area contributed by atoms with Crippen LogP contribution >= 0.6 is 0 Å². The molecule has 24 heavy (non-hydrogen) atoms. The Balaban J connectivity index is 2.58. The number of phenols is 2. The van der Waals surface area contributed by atoms with Crippen LogP contribution in [0.1, 0.15) is 29.8 Å². The van der Waals surface area contributed by atoms with Crippen LogP contribution in [0.5, 0.6) is 11.5 Å². The van der Waals surface area contributed by atoms with Gasteiger partial charge in [-0.3, -0.25) is 4.79 Å². The molecule has 2 N–H and O–H groups in total. The Kier molecular flexibility index (Phi) is 5.34. The van der Waals surface area contributed by atoms with E-state index >= 15 is 0 Å². The summed E-state index contributed by atoms with van der Waals surface area (Å²) in [5.41, 5.74) is 2.07. The van der Waals surface area contributed by atoms with Crippen molar-refractivity contribution < 1.29 is 15.0 Å². The molecule has 0 amide bonds. The fourth-order valence-electron chi connectivity index (χ4n) is 2.73. The largest absolute Gasteiger partial charge is 0.507 e. The normalized spacial score (nSPS) is 10.5. The zero-order valence-corrected chi connectivity index (χ0v) is 14.6. The van der Waals surface area contributed by atoms with Crippen molar-refractivity contribution in [3.8, 4) is 11.5 Å². The van der Waals surface area contributed by atoms with E-state index in [1.807, 2.05) is 32.8 Å². The topological polar surface area (TPSA) is 64.0 Å². The van der Waals surface area contributed by atoms with Gasteiger partial charge in [0.15, 0.2) is 0 Å². The molecule has 0 aliphatic rings. The van der Waals surface area contributed by atoms with Crippen LogP contribution in [0.3, 0.4) is 0 Å². The second-order valence-corrected chi connectivity index (χ2v) is 5.77. The average molecular weight is 328 g/mol.